The van der Waals surface area contributed by atoms with Gasteiger partial charge in [-0.3, -0.25) is 0 Å². The summed E-state index contributed by atoms with van der Waals surface area (Å²) in [6.07, 6.45) is 23.6. The highest BCUT2D eigenvalue weighted by molar-refractivity contribution is 6.80. The standard InChI is InChI=1S/C29H52Si/c1-5-10-20(2)27-19-29(25-14-9-8-13-23(25)27)30(3,4)28-18-17-24-22-12-7-6-11-21(22)15-16-26(24)28/h20-29H,5-19H2,1-4H3. The van der Waals surface area contributed by atoms with Crippen LogP contribution in [0.4, 0.5) is 0 Å². The predicted octanol–water partition coefficient (Wildman–Crippen LogP) is 9.32. The molecule has 5 fully saturated rings. The molecule has 10 atom stereocenters. The zero-order valence-electron chi connectivity index (χ0n) is 20.9. The summed E-state index contributed by atoms with van der Waals surface area (Å²) in [5.41, 5.74) is 2.35. The molecule has 0 saturated heterocycles. The monoisotopic (exact) mass is 428 g/mol. The second-order valence-corrected chi connectivity index (χ2v) is 18.6. The van der Waals surface area contributed by atoms with E-state index in [4.69, 9.17) is 0 Å². The first-order chi connectivity index (χ1) is 14.5. The Morgan fingerprint density at radius 1 is 0.667 bits per heavy atom. The van der Waals surface area contributed by atoms with Crippen LogP contribution in [0.3, 0.4) is 0 Å². The van der Waals surface area contributed by atoms with E-state index in [2.05, 4.69) is 26.9 Å². The summed E-state index contributed by atoms with van der Waals surface area (Å²) in [5, 5.41) is 0. The molecule has 30 heavy (non-hydrogen) atoms. The number of fused-ring (bicyclic) bond motifs is 4. The zero-order chi connectivity index (χ0) is 20.9. The quantitative estimate of drug-likeness (QED) is 0.382. The summed E-state index contributed by atoms with van der Waals surface area (Å²) >= 11 is 0. The molecule has 0 bridgehead atoms. The Bertz CT molecular complexity index is 581. The smallest absolute Gasteiger partial charge is 0.0541 e. The molecule has 172 valence electrons. The Morgan fingerprint density at radius 2 is 1.30 bits per heavy atom. The molecule has 10 unspecified atom stereocenters. The van der Waals surface area contributed by atoms with Crippen LogP contribution in [0.2, 0.25) is 24.2 Å². The summed E-state index contributed by atoms with van der Waals surface area (Å²) in [5.74, 6) is 8.91. The molecule has 5 saturated carbocycles. The molecule has 0 heterocycles. The molecule has 0 radical (unpaired) electrons. The molecule has 5 aliphatic rings. The predicted molar refractivity (Wildman–Crippen MR) is 134 cm³/mol. The van der Waals surface area contributed by atoms with Gasteiger partial charge in [0.25, 0.3) is 0 Å². The fraction of sp³-hybridized carbons (Fsp3) is 1.00. The molecular weight excluding hydrogens is 376 g/mol. The van der Waals surface area contributed by atoms with E-state index in [9.17, 15) is 0 Å². The highest BCUT2D eigenvalue weighted by Gasteiger charge is 2.57. The summed E-state index contributed by atoms with van der Waals surface area (Å²) in [6, 6.07) is 0. The van der Waals surface area contributed by atoms with Gasteiger partial charge < -0.3 is 0 Å². The summed E-state index contributed by atoms with van der Waals surface area (Å²) < 4.78 is 0. The first-order valence-corrected chi connectivity index (χ1v) is 17.7. The minimum atomic E-state index is -1.22. The largest absolute Gasteiger partial charge is 0.0689 e. The van der Waals surface area contributed by atoms with Crippen molar-refractivity contribution in [3.63, 3.8) is 0 Å². The van der Waals surface area contributed by atoms with Crippen molar-refractivity contribution >= 4 is 8.07 Å². The molecule has 0 aromatic heterocycles. The maximum absolute atomic E-state index is 2.91. The highest BCUT2D eigenvalue weighted by atomic mass is 28.3. The maximum atomic E-state index is 2.91. The van der Waals surface area contributed by atoms with Crippen LogP contribution in [0.5, 0.6) is 0 Å². The first kappa shape index (κ1) is 22.0. The Morgan fingerprint density at radius 3 is 2.07 bits per heavy atom. The molecule has 5 aliphatic carbocycles. The van der Waals surface area contributed by atoms with Gasteiger partial charge >= 0.3 is 0 Å². The highest BCUT2D eigenvalue weighted by Crippen LogP contribution is 2.65. The van der Waals surface area contributed by atoms with Crippen LogP contribution < -0.4 is 0 Å². The van der Waals surface area contributed by atoms with E-state index >= 15 is 0 Å². The van der Waals surface area contributed by atoms with E-state index in [1.54, 1.807) is 83.5 Å². The third-order valence-corrected chi connectivity index (χ3v) is 17.3. The van der Waals surface area contributed by atoms with Gasteiger partial charge in [0.15, 0.2) is 0 Å². The molecule has 0 aliphatic heterocycles. The molecule has 0 nitrogen and oxygen atoms in total. The van der Waals surface area contributed by atoms with E-state index in [1.165, 1.54) is 23.9 Å². The van der Waals surface area contributed by atoms with Crippen molar-refractivity contribution in [3.05, 3.63) is 0 Å². The lowest BCUT2D eigenvalue weighted by Gasteiger charge is -2.48. The van der Waals surface area contributed by atoms with Crippen molar-refractivity contribution in [1.82, 2.24) is 0 Å². The lowest BCUT2D eigenvalue weighted by molar-refractivity contribution is 0.0721. The lowest BCUT2D eigenvalue weighted by atomic mass is 9.62. The zero-order valence-corrected chi connectivity index (χ0v) is 21.9. The van der Waals surface area contributed by atoms with Crippen molar-refractivity contribution in [2.75, 3.05) is 0 Å². The summed E-state index contributed by atoms with van der Waals surface area (Å²) in [6.45, 7) is 10.9. The molecule has 0 aromatic rings. The molecule has 0 amide bonds. The fourth-order valence-electron chi connectivity index (χ4n) is 10.9. The van der Waals surface area contributed by atoms with Gasteiger partial charge in [-0.05, 0) is 97.0 Å². The van der Waals surface area contributed by atoms with Gasteiger partial charge in [0.05, 0.1) is 8.07 Å². The molecule has 0 N–H and O–H groups in total. The Hall–Kier alpha value is 0.217. The van der Waals surface area contributed by atoms with E-state index in [-0.39, 0.29) is 0 Å². The van der Waals surface area contributed by atoms with Crippen molar-refractivity contribution < 1.29 is 0 Å². The van der Waals surface area contributed by atoms with Crippen LogP contribution >= 0.6 is 0 Å². The number of hydrogen-bond acceptors (Lipinski definition) is 0. The van der Waals surface area contributed by atoms with E-state index in [0.29, 0.717) is 0 Å². The minimum Gasteiger partial charge on any atom is -0.0689 e. The van der Waals surface area contributed by atoms with Crippen molar-refractivity contribution in [2.45, 2.75) is 134 Å². The van der Waals surface area contributed by atoms with Crippen LogP contribution in [0.25, 0.3) is 0 Å². The Labute approximate surface area is 189 Å². The van der Waals surface area contributed by atoms with E-state index < -0.39 is 8.07 Å². The van der Waals surface area contributed by atoms with Crippen LogP contribution in [0.15, 0.2) is 0 Å². The van der Waals surface area contributed by atoms with Crippen LogP contribution in [0, 0.1) is 47.3 Å². The first-order valence-electron chi connectivity index (χ1n) is 14.5. The Balaban J connectivity index is 1.35. The van der Waals surface area contributed by atoms with Crippen molar-refractivity contribution in [1.29, 1.82) is 0 Å². The third-order valence-electron chi connectivity index (χ3n) is 12.1. The molecule has 0 aromatic carbocycles. The second kappa shape index (κ2) is 8.87. The Kier molecular flexibility index (Phi) is 6.51. The van der Waals surface area contributed by atoms with Crippen LogP contribution in [0.1, 0.15) is 110 Å². The van der Waals surface area contributed by atoms with Gasteiger partial charge in [-0.1, -0.05) is 84.7 Å². The van der Waals surface area contributed by atoms with Gasteiger partial charge in [-0.25, -0.2) is 0 Å². The normalized spacial score (nSPS) is 47.4. The van der Waals surface area contributed by atoms with Gasteiger partial charge in [0.1, 0.15) is 0 Å². The molecular formula is C29H52Si. The van der Waals surface area contributed by atoms with Crippen LogP contribution in [-0.2, 0) is 0 Å². The molecule has 5 rings (SSSR count). The SMILES string of the molecule is CCCC(C)C1CC([Si](C)(C)C2CCC3C4CCCCC4CCC32)C2CCCCC12. The van der Waals surface area contributed by atoms with Gasteiger partial charge in [0.2, 0.25) is 0 Å². The summed E-state index contributed by atoms with van der Waals surface area (Å²) in [4.78, 5) is 0. The minimum absolute atomic E-state index is 0.990. The average Bonchev–Trinajstić information content (AvgIpc) is 3.37. The topological polar surface area (TPSA) is 0 Å². The van der Waals surface area contributed by atoms with E-state index in [1.807, 2.05) is 0 Å². The number of hydrogen-bond donors (Lipinski definition) is 0. The van der Waals surface area contributed by atoms with Gasteiger partial charge in [0, 0.05) is 0 Å². The number of rotatable bonds is 5. The average molecular weight is 429 g/mol. The fourth-order valence-corrected chi connectivity index (χ4v) is 16.2. The third kappa shape index (κ3) is 3.69. The molecule has 0 spiro atoms. The van der Waals surface area contributed by atoms with Crippen molar-refractivity contribution in [2.24, 2.45) is 47.3 Å². The van der Waals surface area contributed by atoms with Gasteiger partial charge in [-0.2, -0.15) is 0 Å². The van der Waals surface area contributed by atoms with Crippen LogP contribution in [-0.4, -0.2) is 8.07 Å². The second-order valence-electron chi connectivity index (χ2n) is 13.5. The van der Waals surface area contributed by atoms with E-state index in [0.717, 1.165) is 47.3 Å². The van der Waals surface area contributed by atoms with Crippen molar-refractivity contribution in [3.8, 4) is 0 Å². The molecule has 1 heteroatoms. The van der Waals surface area contributed by atoms with Gasteiger partial charge in [-0.15, -0.1) is 0 Å². The lowest BCUT2D eigenvalue weighted by Crippen LogP contribution is -2.45. The maximum Gasteiger partial charge on any atom is 0.0541 e. The summed E-state index contributed by atoms with van der Waals surface area (Å²) in [7, 11) is -1.22.